The Labute approximate surface area is 140 Å². The molecule has 6 heteroatoms. The number of benzene rings is 2. The lowest BCUT2D eigenvalue weighted by atomic mass is 10.1. The van der Waals surface area contributed by atoms with E-state index >= 15 is 0 Å². The van der Waals surface area contributed by atoms with E-state index in [4.69, 9.17) is 0 Å². The third-order valence-corrected chi connectivity index (χ3v) is 3.56. The van der Waals surface area contributed by atoms with Crippen molar-refractivity contribution in [3.63, 3.8) is 0 Å². The number of carbonyl (C=O) groups is 1. The van der Waals surface area contributed by atoms with Gasteiger partial charge in [0.15, 0.2) is 11.6 Å². The molecule has 3 aromatic rings. The van der Waals surface area contributed by atoms with Gasteiger partial charge in [0.2, 0.25) is 5.95 Å². The van der Waals surface area contributed by atoms with Crippen LogP contribution >= 0.6 is 0 Å². The van der Waals surface area contributed by atoms with Gasteiger partial charge in [-0.05, 0) is 31.2 Å². The third-order valence-electron chi connectivity index (χ3n) is 3.56. The summed E-state index contributed by atoms with van der Waals surface area (Å²) in [5.41, 5.74) is 2.37. The molecule has 6 nitrogen and oxygen atoms in total. The van der Waals surface area contributed by atoms with E-state index in [9.17, 15) is 4.79 Å². The molecular weight excluding hydrogens is 302 g/mol. The lowest BCUT2D eigenvalue weighted by Gasteiger charge is -2.18. The molecular formula is C18H17N5O. The molecule has 0 fully saturated rings. The van der Waals surface area contributed by atoms with Gasteiger partial charge in [-0.1, -0.05) is 30.3 Å². The molecule has 120 valence electrons. The van der Waals surface area contributed by atoms with E-state index in [0.29, 0.717) is 17.3 Å². The van der Waals surface area contributed by atoms with Gasteiger partial charge < -0.3 is 10.2 Å². The molecule has 1 aromatic heterocycles. The summed E-state index contributed by atoms with van der Waals surface area (Å²) in [5, 5.41) is 11.1. The van der Waals surface area contributed by atoms with Crippen LogP contribution in [0.25, 0.3) is 0 Å². The fourth-order valence-corrected chi connectivity index (χ4v) is 2.24. The Morgan fingerprint density at radius 3 is 2.62 bits per heavy atom. The van der Waals surface area contributed by atoms with Crippen LogP contribution in [0.5, 0.6) is 0 Å². The van der Waals surface area contributed by atoms with Crippen molar-refractivity contribution < 1.29 is 4.79 Å². The Kier molecular flexibility index (Phi) is 4.47. The summed E-state index contributed by atoms with van der Waals surface area (Å²) in [6, 6.07) is 17.1. The minimum Gasteiger partial charge on any atom is -0.328 e. The lowest BCUT2D eigenvalue weighted by Crippen LogP contribution is -2.13. The second kappa shape index (κ2) is 6.87. The van der Waals surface area contributed by atoms with Gasteiger partial charge >= 0.3 is 0 Å². The molecule has 0 bridgehead atoms. The number of nitrogens with one attached hydrogen (secondary N) is 1. The summed E-state index contributed by atoms with van der Waals surface area (Å²) in [6.07, 6.45) is 1.60. The van der Waals surface area contributed by atoms with Crippen LogP contribution in [0.15, 0.2) is 60.8 Å². The van der Waals surface area contributed by atoms with Crippen LogP contribution in [-0.4, -0.2) is 28.0 Å². The van der Waals surface area contributed by atoms with Crippen LogP contribution in [0.3, 0.4) is 0 Å². The predicted molar refractivity (Wildman–Crippen MR) is 94.1 cm³/mol. The second-order valence-electron chi connectivity index (χ2n) is 5.29. The molecule has 0 aliphatic rings. The Balaban J connectivity index is 1.83. The molecule has 1 N–H and O–H groups in total. The minimum atomic E-state index is 0.00950. The van der Waals surface area contributed by atoms with Gasteiger partial charge in [-0.3, -0.25) is 4.79 Å². The normalized spacial score (nSPS) is 10.2. The maximum Gasteiger partial charge on any atom is 0.249 e. The quantitative estimate of drug-likeness (QED) is 0.725. The fraction of sp³-hybridized carbons (Fsp3) is 0.111. The van der Waals surface area contributed by atoms with Gasteiger partial charge in [-0.2, -0.15) is 10.1 Å². The van der Waals surface area contributed by atoms with Crippen molar-refractivity contribution in [2.75, 3.05) is 17.3 Å². The Bertz CT molecular complexity index is 851. The number of nitrogens with zero attached hydrogens (tertiary/aromatic N) is 4. The maximum atomic E-state index is 11.5. The Hall–Kier alpha value is -3.28. The summed E-state index contributed by atoms with van der Waals surface area (Å²) >= 11 is 0. The maximum absolute atomic E-state index is 11.5. The molecule has 1 heterocycles. The molecule has 0 aliphatic carbocycles. The first kappa shape index (κ1) is 15.6. The van der Waals surface area contributed by atoms with E-state index in [0.717, 1.165) is 11.4 Å². The average molecular weight is 319 g/mol. The molecule has 0 radical (unpaired) electrons. The van der Waals surface area contributed by atoms with Crippen LogP contribution in [-0.2, 0) is 0 Å². The van der Waals surface area contributed by atoms with E-state index in [2.05, 4.69) is 20.5 Å². The van der Waals surface area contributed by atoms with Crippen molar-refractivity contribution in [2.45, 2.75) is 6.92 Å². The summed E-state index contributed by atoms with van der Waals surface area (Å²) in [7, 11) is 1.92. The van der Waals surface area contributed by atoms with Crippen molar-refractivity contribution >= 4 is 28.9 Å². The molecule has 2 aromatic carbocycles. The summed E-state index contributed by atoms with van der Waals surface area (Å²) in [6.45, 7) is 1.53. The molecule has 24 heavy (non-hydrogen) atoms. The third kappa shape index (κ3) is 3.55. The predicted octanol–water partition coefficient (Wildman–Crippen LogP) is 3.59. The number of aromatic nitrogens is 3. The smallest absolute Gasteiger partial charge is 0.249 e. The molecule has 0 unspecified atom stereocenters. The number of hydrogen-bond acceptors (Lipinski definition) is 6. The van der Waals surface area contributed by atoms with E-state index < -0.39 is 0 Å². The number of Topliss-reactive ketones (excluding diaryl/α,β-unsaturated/α-hetero) is 1. The highest BCUT2D eigenvalue weighted by Gasteiger charge is 2.08. The number of para-hydroxylation sites is 1. The molecule has 0 saturated heterocycles. The highest BCUT2D eigenvalue weighted by atomic mass is 16.1. The average Bonchev–Trinajstić information content (AvgIpc) is 2.62. The number of ketones is 1. The topological polar surface area (TPSA) is 71.0 Å². The summed E-state index contributed by atoms with van der Waals surface area (Å²) in [5.74, 6) is 1.05. The number of rotatable bonds is 5. The highest BCUT2D eigenvalue weighted by molar-refractivity contribution is 5.95. The summed E-state index contributed by atoms with van der Waals surface area (Å²) in [4.78, 5) is 17.9. The van der Waals surface area contributed by atoms with Crippen molar-refractivity contribution in [1.29, 1.82) is 0 Å². The lowest BCUT2D eigenvalue weighted by molar-refractivity contribution is 0.101. The Morgan fingerprint density at radius 2 is 1.88 bits per heavy atom. The van der Waals surface area contributed by atoms with Crippen LogP contribution in [0, 0.1) is 0 Å². The first-order valence-corrected chi connectivity index (χ1v) is 7.50. The van der Waals surface area contributed by atoms with Crippen molar-refractivity contribution in [2.24, 2.45) is 0 Å². The van der Waals surface area contributed by atoms with Crippen molar-refractivity contribution in [1.82, 2.24) is 15.2 Å². The number of hydrogen-bond donors (Lipinski definition) is 1. The number of anilines is 4. The van der Waals surface area contributed by atoms with Gasteiger partial charge in [0.25, 0.3) is 0 Å². The first-order valence-electron chi connectivity index (χ1n) is 7.50. The van der Waals surface area contributed by atoms with Gasteiger partial charge in [0.1, 0.15) is 0 Å². The standard InChI is InChI=1S/C18H17N5O/c1-13(24)14-7-6-8-15(11-14)20-18-21-17(12-19-22-18)23(2)16-9-4-3-5-10-16/h3-12H,1-2H3,(H,20,21,22). The zero-order valence-electron chi connectivity index (χ0n) is 13.5. The van der Waals surface area contributed by atoms with Crippen LogP contribution in [0.2, 0.25) is 0 Å². The zero-order valence-corrected chi connectivity index (χ0v) is 13.5. The van der Waals surface area contributed by atoms with Crippen molar-refractivity contribution in [3.8, 4) is 0 Å². The summed E-state index contributed by atoms with van der Waals surface area (Å²) < 4.78 is 0. The first-order chi connectivity index (χ1) is 11.6. The minimum absolute atomic E-state index is 0.00950. The van der Waals surface area contributed by atoms with Crippen LogP contribution in [0.1, 0.15) is 17.3 Å². The molecule has 0 aliphatic heterocycles. The molecule has 3 rings (SSSR count). The van der Waals surface area contributed by atoms with Gasteiger partial charge in [0, 0.05) is 24.0 Å². The monoisotopic (exact) mass is 319 g/mol. The van der Waals surface area contributed by atoms with Gasteiger partial charge in [-0.15, -0.1) is 5.10 Å². The van der Waals surface area contributed by atoms with E-state index in [-0.39, 0.29) is 5.78 Å². The van der Waals surface area contributed by atoms with Crippen LogP contribution < -0.4 is 10.2 Å². The van der Waals surface area contributed by atoms with E-state index in [1.807, 2.05) is 54.4 Å². The number of carbonyl (C=O) groups excluding carboxylic acids is 1. The Morgan fingerprint density at radius 1 is 1.08 bits per heavy atom. The largest absolute Gasteiger partial charge is 0.328 e. The van der Waals surface area contributed by atoms with Crippen LogP contribution in [0.4, 0.5) is 23.1 Å². The molecule has 0 spiro atoms. The molecule has 0 atom stereocenters. The van der Waals surface area contributed by atoms with Gasteiger partial charge in [0.05, 0.1) is 6.20 Å². The molecule has 0 saturated carbocycles. The fourth-order valence-electron chi connectivity index (χ4n) is 2.24. The highest BCUT2D eigenvalue weighted by Crippen LogP contribution is 2.22. The van der Waals surface area contributed by atoms with E-state index in [1.54, 1.807) is 18.3 Å². The van der Waals surface area contributed by atoms with E-state index in [1.165, 1.54) is 6.92 Å². The molecule has 0 amide bonds. The van der Waals surface area contributed by atoms with Crippen molar-refractivity contribution in [3.05, 3.63) is 66.4 Å². The SMILES string of the molecule is CC(=O)c1cccc(Nc2nncc(N(C)c3ccccc3)n2)c1. The second-order valence-corrected chi connectivity index (χ2v) is 5.29. The van der Waals surface area contributed by atoms with Gasteiger partial charge in [-0.25, -0.2) is 0 Å². The zero-order chi connectivity index (χ0) is 16.9.